The fourth-order valence-corrected chi connectivity index (χ4v) is 5.12. The number of aromatic nitrogens is 4. The van der Waals surface area contributed by atoms with Crippen molar-refractivity contribution in [3.8, 4) is 11.1 Å². The highest BCUT2D eigenvalue weighted by Gasteiger charge is 2.39. The van der Waals surface area contributed by atoms with Gasteiger partial charge in [0.05, 0.1) is 6.20 Å². The van der Waals surface area contributed by atoms with Crippen LogP contribution in [0.5, 0.6) is 0 Å². The number of nitrogens with one attached hydrogen (secondary N) is 1. The zero-order valence-electron chi connectivity index (χ0n) is 15.9. The van der Waals surface area contributed by atoms with Crippen LogP contribution < -0.4 is 0 Å². The highest BCUT2D eigenvalue weighted by molar-refractivity contribution is 5.93. The molecule has 4 heteroatoms. The Bertz CT molecular complexity index is 897. The Morgan fingerprint density at radius 3 is 2.48 bits per heavy atom. The SMILES string of the molecule is Cn1cc(-c2c[nH]c3ncc(C4CC(C)(C)CC(C)(C)C4)cc23)cn1. The minimum Gasteiger partial charge on any atom is -0.346 e. The lowest BCUT2D eigenvalue weighted by Gasteiger charge is -2.45. The molecule has 0 amide bonds. The van der Waals surface area contributed by atoms with Crippen LogP contribution >= 0.6 is 0 Å². The first-order valence-corrected chi connectivity index (χ1v) is 9.19. The molecular formula is C21H28N4. The molecule has 0 aliphatic heterocycles. The molecule has 0 unspecified atom stereocenters. The van der Waals surface area contributed by atoms with Gasteiger partial charge in [0.1, 0.15) is 5.65 Å². The molecule has 3 heterocycles. The third-order valence-electron chi connectivity index (χ3n) is 5.59. The maximum absolute atomic E-state index is 4.72. The van der Waals surface area contributed by atoms with E-state index in [-0.39, 0.29) is 0 Å². The number of aryl methyl sites for hydroxylation is 1. The number of rotatable bonds is 2. The lowest BCUT2D eigenvalue weighted by atomic mass is 9.60. The van der Waals surface area contributed by atoms with E-state index in [1.54, 1.807) is 0 Å². The summed E-state index contributed by atoms with van der Waals surface area (Å²) in [5.41, 5.74) is 5.41. The topological polar surface area (TPSA) is 46.5 Å². The number of hydrogen-bond acceptors (Lipinski definition) is 2. The number of hydrogen-bond donors (Lipinski definition) is 1. The average Bonchev–Trinajstić information content (AvgIpc) is 3.09. The highest BCUT2D eigenvalue weighted by Crippen LogP contribution is 2.51. The van der Waals surface area contributed by atoms with E-state index < -0.39 is 0 Å². The average molecular weight is 336 g/mol. The van der Waals surface area contributed by atoms with E-state index in [1.807, 2.05) is 24.1 Å². The monoisotopic (exact) mass is 336 g/mol. The van der Waals surface area contributed by atoms with Gasteiger partial charge in [0, 0.05) is 42.2 Å². The van der Waals surface area contributed by atoms with Crippen LogP contribution in [0, 0.1) is 10.8 Å². The molecule has 1 saturated carbocycles. The van der Waals surface area contributed by atoms with Crippen molar-refractivity contribution in [1.82, 2.24) is 19.7 Å². The van der Waals surface area contributed by atoms with Crippen molar-refractivity contribution in [3.05, 3.63) is 36.4 Å². The molecule has 1 aliphatic carbocycles. The van der Waals surface area contributed by atoms with Gasteiger partial charge in [-0.05, 0) is 47.6 Å². The van der Waals surface area contributed by atoms with Gasteiger partial charge in [0.2, 0.25) is 0 Å². The summed E-state index contributed by atoms with van der Waals surface area (Å²) in [6, 6.07) is 2.35. The van der Waals surface area contributed by atoms with Crippen molar-refractivity contribution in [1.29, 1.82) is 0 Å². The molecule has 0 atom stereocenters. The number of aromatic amines is 1. The van der Waals surface area contributed by atoms with E-state index in [1.165, 1.54) is 35.8 Å². The fourth-order valence-electron chi connectivity index (χ4n) is 5.12. The number of fused-ring (bicyclic) bond motifs is 1. The molecule has 0 radical (unpaired) electrons. The minimum absolute atomic E-state index is 0.381. The van der Waals surface area contributed by atoms with E-state index in [4.69, 9.17) is 4.98 Å². The summed E-state index contributed by atoms with van der Waals surface area (Å²) < 4.78 is 1.84. The third-order valence-corrected chi connectivity index (χ3v) is 5.59. The largest absolute Gasteiger partial charge is 0.346 e. The molecule has 4 nitrogen and oxygen atoms in total. The maximum atomic E-state index is 4.72. The van der Waals surface area contributed by atoms with Gasteiger partial charge in [-0.15, -0.1) is 0 Å². The first-order valence-electron chi connectivity index (χ1n) is 9.19. The van der Waals surface area contributed by atoms with Gasteiger partial charge < -0.3 is 4.98 Å². The zero-order chi connectivity index (χ0) is 17.8. The molecule has 1 N–H and O–H groups in total. The Hall–Kier alpha value is -2.10. The molecule has 1 aliphatic rings. The van der Waals surface area contributed by atoms with Gasteiger partial charge in [0.15, 0.2) is 0 Å². The van der Waals surface area contributed by atoms with Crippen LogP contribution in [0.15, 0.2) is 30.9 Å². The van der Waals surface area contributed by atoms with Crippen molar-refractivity contribution in [2.45, 2.75) is 52.9 Å². The van der Waals surface area contributed by atoms with Gasteiger partial charge in [-0.3, -0.25) is 4.68 Å². The first-order chi connectivity index (χ1) is 11.7. The summed E-state index contributed by atoms with van der Waals surface area (Å²) in [6.07, 6.45) is 11.9. The Labute approximate surface area is 149 Å². The summed E-state index contributed by atoms with van der Waals surface area (Å²) in [5, 5.41) is 5.51. The highest BCUT2D eigenvalue weighted by atomic mass is 15.2. The lowest BCUT2D eigenvalue weighted by Crippen LogP contribution is -2.32. The predicted molar refractivity (Wildman–Crippen MR) is 102 cm³/mol. The second-order valence-corrected chi connectivity index (χ2v) is 9.38. The van der Waals surface area contributed by atoms with Crippen LogP contribution in [-0.2, 0) is 7.05 Å². The predicted octanol–water partition coefficient (Wildman–Crippen LogP) is 5.28. The molecule has 0 saturated heterocycles. The van der Waals surface area contributed by atoms with Crippen LogP contribution in [-0.4, -0.2) is 19.7 Å². The van der Waals surface area contributed by atoms with Gasteiger partial charge in [-0.2, -0.15) is 5.10 Å². The molecule has 3 aromatic rings. The Morgan fingerprint density at radius 2 is 1.84 bits per heavy atom. The van der Waals surface area contributed by atoms with Crippen molar-refractivity contribution in [3.63, 3.8) is 0 Å². The summed E-state index contributed by atoms with van der Waals surface area (Å²) in [4.78, 5) is 8.03. The Kier molecular flexibility index (Phi) is 3.57. The molecule has 3 aromatic heterocycles. The van der Waals surface area contributed by atoms with Crippen LogP contribution in [0.2, 0.25) is 0 Å². The smallest absolute Gasteiger partial charge is 0.137 e. The molecule has 0 bridgehead atoms. The quantitative estimate of drug-likeness (QED) is 0.692. The van der Waals surface area contributed by atoms with Gasteiger partial charge in [0.25, 0.3) is 0 Å². The molecule has 25 heavy (non-hydrogen) atoms. The summed E-state index contributed by atoms with van der Waals surface area (Å²) in [6.45, 7) is 9.63. The second-order valence-electron chi connectivity index (χ2n) is 9.38. The van der Waals surface area contributed by atoms with E-state index in [9.17, 15) is 0 Å². The maximum Gasteiger partial charge on any atom is 0.137 e. The van der Waals surface area contributed by atoms with Crippen LogP contribution in [0.25, 0.3) is 22.2 Å². The van der Waals surface area contributed by atoms with E-state index in [0.717, 1.165) is 11.2 Å². The molecule has 4 rings (SSSR count). The van der Waals surface area contributed by atoms with Crippen molar-refractivity contribution in [2.75, 3.05) is 0 Å². The summed E-state index contributed by atoms with van der Waals surface area (Å²) in [7, 11) is 1.95. The zero-order valence-corrected chi connectivity index (χ0v) is 15.9. The van der Waals surface area contributed by atoms with Crippen LogP contribution in [0.1, 0.15) is 58.4 Å². The molecule has 132 valence electrons. The van der Waals surface area contributed by atoms with Crippen LogP contribution in [0.4, 0.5) is 0 Å². The summed E-state index contributed by atoms with van der Waals surface area (Å²) in [5.74, 6) is 0.576. The normalized spacial score (nSPS) is 20.2. The number of pyridine rings is 1. The first kappa shape index (κ1) is 16.4. The number of nitrogens with zero attached hydrogens (tertiary/aromatic N) is 3. The van der Waals surface area contributed by atoms with Crippen molar-refractivity contribution in [2.24, 2.45) is 17.9 Å². The minimum atomic E-state index is 0.381. The summed E-state index contributed by atoms with van der Waals surface area (Å²) >= 11 is 0. The van der Waals surface area contributed by atoms with Crippen LogP contribution in [0.3, 0.4) is 0 Å². The molecule has 0 aromatic carbocycles. The Balaban J connectivity index is 1.76. The second kappa shape index (κ2) is 5.45. The van der Waals surface area contributed by atoms with Gasteiger partial charge in [-0.25, -0.2) is 4.98 Å². The van der Waals surface area contributed by atoms with Crippen molar-refractivity contribution >= 4 is 11.0 Å². The van der Waals surface area contributed by atoms with E-state index in [0.29, 0.717) is 16.7 Å². The molecule has 1 fully saturated rings. The fraction of sp³-hybridized carbons (Fsp3) is 0.524. The van der Waals surface area contributed by atoms with E-state index in [2.05, 4.69) is 56.2 Å². The van der Waals surface area contributed by atoms with Gasteiger partial charge >= 0.3 is 0 Å². The lowest BCUT2D eigenvalue weighted by molar-refractivity contribution is 0.0968. The van der Waals surface area contributed by atoms with Crippen molar-refractivity contribution < 1.29 is 0 Å². The standard InChI is InChI=1S/C21H28N4/c1-20(2)7-15(8-21(3,4)13-20)14-6-17-18(11-23-19(17)22-9-14)16-10-24-25(5)12-16/h6,9-12,15H,7-8,13H2,1-5H3,(H,22,23). The molecular weight excluding hydrogens is 308 g/mol. The molecule has 0 spiro atoms. The van der Waals surface area contributed by atoms with Gasteiger partial charge in [-0.1, -0.05) is 27.7 Å². The third kappa shape index (κ3) is 3.10. The Morgan fingerprint density at radius 1 is 1.12 bits per heavy atom. The van der Waals surface area contributed by atoms with E-state index >= 15 is 0 Å². The number of H-pyrrole nitrogens is 1.